The number of carbonyl (C=O) groups is 1. The van der Waals surface area contributed by atoms with Gasteiger partial charge >= 0.3 is 0 Å². The summed E-state index contributed by atoms with van der Waals surface area (Å²) in [7, 11) is -3.64. The molecule has 5 N–H and O–H groups in total. The molecule has 3 heterocycles. The lowest BCUT2D eigenvalue weighted by atomic mass is 9.90. The summed E-state index contributed by atoms with van der Waals surface area (Å²) in [5, 5.41) is 5.42. The number of hydrogen-bond donors (Lipinski definition) is 3. The molecule has 0 atom stereocenters. The highest BCUT2D eigenvalue weighted by Gasteiger charge is 2.22. The molecule has 0 aliphatic carbocycles. The highest BCUT2D eigenvalue weighted by atomic mass is 32.2. The normalized spacial score (nSPS) is 16.3. The number of aromatic nitrogens is 1. The topological polar surface area (TPSA) is 126 Å². The monoisotopic (exact) mass is 519 g/mol. The summed E-state index contributed by atoms with van der Waals surface area (Å²) in [5.41, 5.74) is 3.61. The maximum atomic E-state index is 12.2. The van der Waals surface area contributed by atoms with Crippen LogP contribution in [0.25, 0.3) is 0 Å². The Bertz CT molecular complexity index is 1190. The van der Waals surface area contributed by atoms with Crippen LogP contribution in [0.5, 0.6) is 0 Å². The molecule has 8 nitrogen and oxygen atoms in total. The third-order valence-corrected chi connectivity index (χ3v) is 8.25. The van der Waals surface area contributed by atoms with Crippen molar-refractivity contribution in [2.24, 2.45) is 0 Å². The Morgan fingerprint density at radius 2 is 1.77 bits per heavy atom. The van der Waals surface area contributed by atoms with Gasteiger partial charge in [0, 0.05) is 33.1 Å². The third kappa shape index (κ3) is 7.11. The summed E-state index contributed by atoms with van der Waals surface area (Å²) in [6.45, 7) is 5.19. The van der Waals surface area contributed by atoms with Gasteiger partial charge in [-0.3, -0.25) is 9.52 Å². The molecular formula is C25H37N5O3S2. The van der Waals surface area contributed by atoms with Gasteiger partial charge in [-0.15, -0.1) is 11.3 Å². The van der Waals surface area contributed by atoms with Gasteiger partial charge in [0.1, 0.15) is 0 Å². The van der Waals surface area contributed by atoms with Crippen molar-refractivity contribution in [2.75, 3.05) is 29.3 Å². The van der Waals surface area contributed by atoms with Crippen molar-refractivity contribution in [1.29, 1.82) is 0 Å². The highest BCUT2D eigenvalue weighted by Crippen LogP contribution is 2.25. The number of aryl methyl sites for hydroxylation is 1. The minimum atomic E-state index is -3.64. The summed E-state index contributed by atoms with van der Waals surface area (Å²) >= 11 is 1.21. The molecule has 2 aliphatic rings. The summed E-state index contributed by atoms with van der Waals surface area (Å²) in [6, 6.07) is 15.3. The van der Waals surface area contributed by atoms with Crippen molar-refractivity contribution < 1.29 is 16.1 Å². The van der Waals surface area contributed by atoms with Gasteiger partial charge in [-0.25, -0.2) is 13.4 Å². The van der Waals surface area contributed by atoms with Gasteiger partial charge < -0.3 is 16.4 Å². The zero-order chi connectivity index (χ0) is 24.0. The molecule has 3 aromatic rings. The summed E-state index contributed by atoms with van der Waals surface area (Å²) in [5.74, 6) is 0.869. The van der Waals surface area contributed by atoms with Crippen LogP contribution < -0.4 is 21.1 Å². The number of hydrogen-bond acceptors (Lipinski definition) is 7. The van der Waals surface area contributed by atoms with Gasteiger partial charge in [0.05, 0.1) is 4.90 Å². The number of rotatable bonds is 5. The molecule has 0 spiro atoms. The molecule has 1 amide bonds. The van der Waals surface area contributed by atoms with Gasteiger partial charge in [0.2, 0.25) is 5.91 Å². The summed E-state index contributed by atoms with van der Waals surface area (Å²) in [4.78, 5) is 17.4. The van der Waals surface area contributed by atoms with E-state index in [0.29, 0.717) is 18.1 Å². The zero-order valence-electron chi connectivity index (χ0n) is 19.9. The third-order valence-electron chi connectivity index (χ3n) is 6.07. The van der Waals surface area contributed by atoms with Crippen LogP contribution in [0.4, 0.5) is 10.8 Å². The second-order valence-corrected chi connectivity index (χ2v) is 11.1. The van der Waals surface area contributed by atoms with Gasteiger partial charge in [-0.2, -0.15) is 0 Å². The van der Waals surface area contributed by atoms with Crippen molar-refractivity contribution in [3.05, 3.63) is 71.2 Å². The Morgan fingerprint density at radius 1 is 1.09 bits per heavy atom. The lowest BCUT2D eigenvalue weighted by Gasteiger charge is -2.22. The Labute approximate surface area is 214 Å². The predicted molar refractivity (Wildman–Crippen MR) is 146 cm³/mol. The maximum Gasteiger partial charge on any atom is 0.263 e. The zero-order valence-corrected chi connectivity index (χ0v) is 21.6. The molecule has 2 fully saturated rings. The summed E-state index contributed by atoms with van der Waals surface area (Å²) in [6.07, 6.45) is 5.51. The van der Waals surface area contributed by atoms with E-state index in [-0.39, 0.29) is 19.8 Å². The number of nitrogens with zero attached hydrogens (tertiary/aromatic N) is 2. The number of amides is 1. The van der Waals surface area contributed by atoms with Gasteiger partial charge in [0.15, 0.2) is 5.13 Å². The van der Waals surface area contributed by atoms with E-state index in [4.69, 9.17) is 0 Å². The number of thiazole rings is 1. The molecule has 2 aliphatic heterocycles. The van der Waals surface area contributed by atoms with E-state index >= 15 is 0 Å². The molecule has 2 aromatic carbocycles. The Hall–Kier alpha value is -2.79. The number of carbonyl (C=O) groups excluding carboxylic acids is 1. The molecule has 10 heteroatoms. The van der Waals surface area contributed by atoms with Crippen LogP contribution in [-0.2, 0) is 14.8 Å². The Balaban J connectivity index is 0.000000374. The first kappa shape index (κ1) is 26.8. The molecule has 1 aromatic heterocycles. The second-order valence-electron chi connectivity index (χ2n) is 8.52. The molecule has 2 saturated heterocycles. The fraction of sp³-hybridized carbons (Fsp3) is 0.360. The van der Waals surface area contributed by atoms with Gasteiger partial charge in [-0.1, -0.05) is 29.8 Å². The minimum absolute atomic E-state index is 0. The first-order valence-corrected chi connectivity index (χ1v) is 13.9. The fourth-order valence-corrected chi connectivity index (χ4v) is 5.96. The molecule has 0 radical (unpaired) electrons. The quantitative estimate of drug-likeness (QED) is 0.426. The lowest BCUT2D eigenvalue weighted by Crippen LogP contribution is -2.26. The molecule has 35 heavy (non-hydrogen) atoms. The van der Waals surface area contributed by atoms with E-state index in [1.807, 2.05) is 0 Å². The fourth-order valence-electron chi connectivity index (χ4n) is 4.17. The van der Waals surface area contributed by atoms with E-state index in [1.54, 1.807) is 22.4 Å². The Morgan fingerprint density at radius 3 is 2.34 bits per heavy atom. The van der Waals surface area contributed by atoms with Crippen molar-refractivity contribution in [2.45, 2.75) is 43.4 Å². The number of anilines is 2. The molecule has 5 rings (SSSR count). The van der Waals surface area contributed by atoms with Crippen molar-refractivity contribution in [1.82, 2.24) is 16.5 Å². The number of nitrogens with one attached hydrogen (secondary N) is 2. The molecule has 0 bridgehead atoms. The van der Waals surface area contributed by atoms with Gasteiger partial charge in [-0.05, 0) is 75.0 Å². The molecule has 192 valence electrons. The van der Waals surface area contributed by atoms with Crippen LogP contribution >= 0.6 is 11.3 Å². The average Bonchev–Trinajstić information content (AvgIpc) is 3.52. The predicted octanol–water partition coefficient (Wildman–Crippen LogP) is 5.19. The van der Waals surface area contributed by atoms with E-state index in [0.717, 1.165) is 18.0 Å². The van der Waals surface area contributed by atoms with Gasteiger partial charge in [0.25, 0.3) is 10.0 Å². The molecule has 0 unspecified atom stereocenters. The van der Waals surface area contributed by atoms with E-state index in [1.165, 1.54) is 66.7 Å². The highest BCUT2D eigenvalue weighted by molar-refractivity contribution is 7.93. The average molecular weight is 520 g/mol. The SMILES string of the molecule is Cc1ccc(C2CCNCC2)cc1.N.O=C1CCCN1c1ccc(S(=O)(=O)Nc2nccs2)cc1.[HH].[HH]. The van der Waals surface area contributed by atoms with Crippen LogP contribution in [-0.4, -0.2) is 38.9 Å². The summed E-state index contributed by atoms with van der Waals surface area (Å²) < 4.78 is 26.8. The van der Waals surface area contributed by atoms with Crippen molar-refractivity contribution in [3.63, 3.8) is 0 Å². The first-order valence-electron chi connectivity index (χ1n) is 11.5. The van der Waals surface area contributed by atoms with Crippen LogP contribution in [0.1, 0.15) is 45.6 Å². The van der Waals surface area contributed by atoms with Crippen LogP contribution in [0.15, 0.2) is 65.0 Å². The number of sulfonamides is 1. The van der Waals surface area contributed by atoms with E-state index in [2.05, 4.69) is 46.2 Å². The largest absolute Gasteiger partial charge is 0.344 e. The van der Waals surface area contributed by atoms with E-state index < -0.39 is 10.0 Å². The smallest absolute Gasteiger partial charge is 0.263 e. The van der Waals surface area contributed by atoms with E-state index in [9.17, 15) is 13.2 Å². The lowest BCUT2D eigenvalue weighted by molar-refractivity contribution is -0.117. The minimum Gasteiger partial charge on any atom is -0.344 e. The van der Waals surface area contributed by atoms with Crippen LogP contribution in [0.2, 0.25) is 0 Å². The van der Waals surface area contributed by atoms with Crippen molar-refractivity contribution in [3.8, 4) is 0 Å². The Kier molecular flexibility index (Phi) is 9.39. The molecule has 0 saturated carbocycles. The number of piperidine rings is 1. The second kappa shape index (κ2) is 12.3. The van der Waals surface area contributed by atoms with Crippen LogP contribution in [0.3, 0.4) is 0 Å². The van der Waals surface area contributed by atoms with Crippen molar-refractivity contribution >= 4 is 38.1 Å². The van der Waals surface area contributed by atoms with Crippen LogP contribution in [0, 0.1) is 6.92 Å². The standard InChI is InChI=1S/C13H13N3O3S2.C12H17N.H3N.2H2/c17-12-2-1-8-16(12)10-3-5-11(6-4-10)21(18,19)15-13-14-7-9-20-13;1-10-2-4-11(5-3-10)12-6-8-13-9-7-12;;;/h3-7,9H,1-2,8H2,(H,14,15);2-5,12-13H,6-9H2,1H3;1H3;2*1H. The number of benzene rings is 2. The molecular weight excluding hydrogens is 482 g/mol. The first-order chi connectivity index (χ1) is 16.4. The maximum absolute atomic E-state index is 12.2.